The van der Waals surface area contributed by atoms with E-state index in [0.29, 0.717) is 25.1 Å². The van der Waals surface area contributed by atoms with Crippen molar-refractivity contribution in [3.63, 3.8) is 0 Å². The van der Waals surface area contributed by atoms with Crippen LogP contribution in [0.2, 0.25) is 0 Å². The lowest BCUT2D eigenvalue weighted by molar-refractivity contribution is -0.139. The highest BCUT2D eigenvalue weighted by molar-refractivity contribution is 5.84. The van der Waals surface area contributed by atoms with E-state index in [0.717, 1.165) is 44.1 Å². The number of nitrogens with one attached hydrogen (secondary N) is 1. The Labute approximate surface area is 289 Å². The van der Waals surface area contributed by atoms with Gasteiger partial charge in [0, 0.05) is 23.9 Å². The lowest BCUT2D eigenvalue weighted by atomic mass is 9.59. The van der Waals surface area contributed by atoms with Crippen molar-refractivity contribution in [2.75, 3.05) is 13.2 Å². The summed E-state index contributed by atoms with van der Waals surface area (Å²) in [5.41, 5.74) is 6.10. The fourth-order valence-electron chi connectivity index (χ4n) is 8.83. The number of carbonyl (C=O) groups is 3. The van der Waals surface area contributed by atoms with Gasteiger partial charge in [-0.25, -0.2) is 14.4 Å². The summed E-state index contributed by atoms with van der Waals surface area (Å²) in [7, 11) is 0. The number of rotatable bonds is 5. The molecule has 1 saturated carbocycles. The molecule has 3 aromatic rings. The standard InChI is InChI=1S/C41H48N2O6/c1-40(2,3)49-39(46)43-22-12-18-35(43)37(44)48-28-20-19-26-23-27-13-6-5-11-21-41(4,34(26)24-28)36(27)42-38(45)47-25-33-31-16-9-7-14-29(31)30-15-8-10-17-32(30)33/h7-10,14-17,19-20,24,27,33,35-36H,5-6,11-13,18,21-23,25H2,1-4H3,(H,42,45)/t27-,35-,36-,41+/m0/s1. The number of esters is 1. The molecule has 3 aliphatic carbocycles. The molecule has 4 aliphatic rings. The SMILES string of the molecule is CC(C)(C)OC(=O)N1CCC[C@H]1C(=O)Oc1ccc2c(c1)[C@@]1(C)CCCCC[C@@H](C2)[C@@H]1NC(=O)OCC1c2ccccc2-c2ccccc21. The molecular weight excluding hydrogens is 616 g/mol. The number of benzene rings is 3. The van der Waals surface area contributed by atoms with Crippen molar-refractivity contribution in [1.29, 1.82) is 0 Å². The van der Waals surface area contributed by atoms with E-state index in [2.05, 4.69) is 54.7 Å². The zero-order valence-electron chi connectivity index (χ0n) is 29.1. The molecule has 2 bridgehead atoms. The van der Waals surface area contributed by atoms with E-state index < -0.39 is 29.8 Å². The van der Waals surface area contributed by atoms with Gasteiger partial charge in [0.05, 0.1) is 0 Å². The summed E-state index contributed by atoms with van der Waals surface area (Å²) >= 11 is 0. The maximum absolute atomic E-state index is 13.7. The summed E-state index contributed by atoms with van der Waals surface area (Å²) in [6.07, 6.45) is 6.45. The molecular formula is C41H48N2O6. The summed E-state index contributed by atoms with van der Waals surface area (Å²) in [6.45, 7) is 8.42. The number of nitrogens with zero attached hydrogens (tertiary/aromatic N) is 1. The summed E-state index contributed by atoms with van der Waals surface area (Å²) in [5.74, 6) is 0.275. The number of hydrogen-bond acceptors (Lipinski definition) is 6. The molecule has 0 aromatic heterocycles. The van der Waals surface area contributed by atoms with Crippen molar-refractivity contribution in [3.05, 3.63) is 89.0 Å². The van der Waals surface area contributed by atoms with E-state index in [1.807, 2.05) is 45.0 Å². The van der Waals surface area contributed by atoms with Crippen LogP contribution in [0.15, 0.2) is 66.7 Å². The molecule has 1 saturated heterocycles. The van der Waals surface area contributed by atoms with Crippen molar-refractivity contribution in [2.24, 2.45) is 5.92 Å². The smallest absolute Gasteiger partial charge is 0.411 e. The lowest BCUT2D eigenvalue weighted by Crippen LogP contribution is -2.57. The average molecular weight is 665 g/mol. The van der Waals surface area contributed by atoms with Crippen LogP contribution in [0.5, 0.6) is 5.75 Å². The molecule has 2 fully saturated rings. The normalized spacial score (nSPS) is 24.5. The predicted molar refractivity (Wildman–Crippen MR) is 188 cm³/mol. The maximum atomic E-state index is 13.7. The van der Waals surface area contributed by atoms with Gasteiger partial charge in [0.1, 0.15) is 24.0 Å². The van der Waals surface area contributed by atoms with Crippen LogP contribution in [0.1, 0.15) is 101 Å². The second-order valence-corrected chi connectivity index (χ2v) is 15.5. The Morgan fingerprint density at radius 3 is 2.33 bits per heavy atom. The minimum absolute atomic E-state index is 0.00495. The van der Waals surface area contributed by atoms with E-state index in [9.17, 15) is 14.4 Å². The Kier molecular flexibility index (Phi) is 8.92. The van der Waals surface area contributed by atoms with Crippen molar-refractivity contribution < 1.29 is 28.6 Å². The zero-order chi connectivity index (χ0) is 34.3. The van der Waals surface area contributed by atoms with Crippen LogP contribution in [0.3, 0.4) is 0 Å². The van der Waals surface area contributed by atoms with Gasteiger partial charge in [-0.15, -0.1) is 0 Å². The van der Waals surface area contributed by atoms with Crippen LogP contribution in [-0.4, -0.2) is 53.9 Å². The van der Waals surface area contributed by atoms with E-state index in [1.54, 1.807) is 0 Å². The third-order valence-corrected chi connectivity index (χ3v) is 11.1. The molecule has 8 heteroatoms. The van der Waals surface area contributed by atoms with Crippen LogP contribution in [0.4, 0.5) is 9.59 Å². The van der Waals surface area contributed by atoms with Gasteiger partial charge in [-0.1, -0.05) is 80.8 Å². The van der Waals surface area contributed by atoms with Gasteiger partial charge in [0.15, 0.2) is 0 Å². The van der Waals surface area contributed by atoms with E-state index in [-0.39, 0.29) is 29.9 Å². The quantitative estimate of drug-likeness (QED) is 0.218. The largest absolute Gasteiger partial charge is 0.449 e. The van der Waals surface area contributed by atoms with Gasteiger partial charge >= 0.3 is 18.2 Å². The lowest BCUT2D eigenvalue weighted by Gasteiger charge is -2.49. The number of carbonyl (C=O) groups excluding carboxylic acids is 3. The Morgan fingerprint density at radius 1 is 0.898 bits per heavy atom. The Hall–Kier alpha value is -4.33. The van der Waals surface area contributed by atoms with E-state index in [4.69, 9.17) is 14.2 Å². The van der Waals surface area contributed by atoms with Crippen LogP contribution >= 0.6 is 0 Å². The Bertz CT molecular complexity index is 1700. The number of ether oxygens (including phenoxy) is 3. The summed E-state index contributed by atoms with van der Waals surface area (Å²) in [4.78, 5) is 41.5. The molecule has 8 nitrogen and oxygen atoms in total. The van der Waals surface area contributed by atoms with Crippen LogP contribution in [-0.2, 0) is 26.1 Å². The summed E-state index contributed by atoms with van der Waals surface area (Å²) in [5, 5.41) is 3.36. The van der Waals surface area contributed by atoms with E-state index in [1.165, 1.54) is 32.7 Å². The van der Waals surface area contributed by atoms with Crippen molar-refractivity contribution in [2.45, 2.75) is 108 Å². The van der Waals surface area contributed by atoms with Gasteiger partial charge < -0.3 is 19.5 Å². The number of hydrogen-bond donors (Lipinski definition) is 1. The summed E-state index contributed by atoms with van der Waals surface area (Å²) in [6, 6.07) is 21.9. The van der Waals surface area contributed by atoms with Crippen LogP contribution < -0.4 is 10.1 Å². The van der Waals surface area contributed by atoms with Crippen molar-refractivity contribution in [1.82, 2.24) is 10.2 Å². The first kappa shape index (κ1) is 33.2. The average Bonchev–Trinajstić information content (AvgIpc) is 3.68. The molecule has 0 radical (unpaired) electrons. The Balaban J connectivity index is 1.08. The fraction of sp³-hybridized carbons (Fsp3) is 0.488. The zero-order valence-corrected chi connectivity index (χ0v) is 29.1. The van der Waals surface area contributed by atoms with Crippen molar-refractivity contribution >= 4 is 18.2 Å². The number of likely N-dealkylation sites (tertiary alicyclic amines) is 1. The highest BCUT2D eigenvalue weighted by Crippen LogP contribution is 2.48. The first-order valence-corrected chi connectivity index (χ1v) is 18.0. The molecule has 4 atom stereocenters. The molecule has 0 spiro atoms. The van der Waals surface area contributed by atoms with Crippen LogP contribution in [0.25, 0.3) is 11.1 Å². The van der Waals surface area contributed by atoms with Gasteiger partial charge in [-0.2, -0.15) is 0 Å². The van der Waals surface area contributed by atoms with Gasteiger partial charge in [-0.3, -0.25) is 4.90 Å². The first-order chi connectivity index (χ1) is 23.5. The van der Waals surface area contributed by atoms with Gasteiger partial charge in [0.25, 0.3) is 0 Å². The molecule has 2 amide bonds. The van der Waals surface area contributed by atoms with Crippen molar-refractivity contribution in [3.8, 4) is 16.9 Å². The summed E-state index contributed by atoms with van der Waals surface area (Å²) < 4.78 is 17.6. The molecule has 1 aliphatic heterocycles. The predicted octanol–water partition coefficient (Wildman–Crippen LogP) is 8.29. The molecule has 1 N–H and O–H groups in total. The molecule has 0 unspecified atom stereocenters. The number of amides is 2. The number of alkyl carbamates (subject to hydrolysis) is 1. The van der Waals surface area contributed by atoms with Gasteiger partial charge in [-0.05, 0) is 104 Å². The highest BCUT2D eigenvalue weighted by atomic mass is 16.6. The van der Waals surface area contributed by atoms with Crippen LogP contribution in [0, 0.1) is 5.92 Å². The third-order valence-electron chi connectivity index (χ3n) is 11.1. The molecule has 7 rings (SSSR count). The maximum Gasteiger partial charge on any atom is 0.411 e. The second kappa shape index (κ2) is 13.2. The topological polar surface area (TPSA) is 94.2 Å². The third kappa shape index (κ3) is 6.54. The fourth-order valence-corrected chi connectivity index (χ4v) is 8.83. The monoisotopic (exact) mass is 664 g/mol. The Morgan fingerprint density at radius 2 is 1.61 bits per heavy atom. The molecule has 1 heterocycles. The minimum Gasteiger partial charge on any atom is -0.449 e. The minimum atomic E-state index is -0.685. The molecule has 49 heavy (non-hydrogen) atoms. The molecule has 258 valence electrons. The second-order valence-electron chi connectivity index (χ2n) is 15.5. The highest BCUT2D eigenvalue weighted by Gasteiger charge is 2.47. The molecule has 3 aromatic carbocycles. The van der Waals surface area contributed by atoms with Gasteiger partial charge in [0.2, 0.25) is 0 Å². The number of fused-ring (bicyclic) bond motifs is 7. The first-order valence-electron chi connectivity index (χ1n) is 18.0. The van der Waals surface area contributed by atoms with E-state index >= 15 is 0 Å².